The van der Waals surface area contributed by atoms with Crippen LogP contribution < -0.4 is 21.3 Å². The second-order valence-electron chi connectivity index (χ2n) is 17.4. The molecule has 0 saturated carbocycles. The van der Waals surface area contributed by atoms with Crippen LogP contribution in [-0.2, 0) is 30.1 Å². The van der Waals surface area contributed by atoms with Crippen LogP contribution in [0.3, 0.4) is 0 Å². The monoisotopic (exact) mass is 936 g/mol. The molecule has 11 rings (SSSR count). The lowest BCUT2D eigenvalue weighted by atomic mass is 9.76. The van der Waals surface area contributed by atoms with Crippen LogP contribution in [0.25, 0.3) is 0 Å². The van der Waals surface area contributed by atoms with Crippen molar-refractivity contribution in [2.24, 2.45) is 5.92 Å². The molecule has 0 spiro atoms. The molecular formula is C58H56N4O8. The van der Waals surface area contributed by atoms with E-state index in [0.717, 1.165) is 38.9 Å². The Balaban J connectivity index is 0.000000131. The van der Waals surface area contributed by atoms with Crippen LogP contribution in [0.5, 0.6) is 0 Å². The molecule has 4 amide bonds. The highest BCUT2D eigenvalue weighted by molar-refractivity contribution is 5.75. The Morgan fingerprint density at radius 3 is 1.21 bits per heavy atom. The number of hydrogen-bond donors (Lipinski definition) is 4. The molecule has 70 heavy (non-hydrogen) atoms. The number of carbonyl (C=O) groups is 4. The Morgan fingerprint density at radius 1 is 0.429 bits per heavy atom. The molecule has 0 radical (unpaired) electrons. The molecule has 4 N–H and O–H groups in total. The number of amides is 4. The van der Waals surface area contributed by atoms with Gasteiger partial charge in [-0.25, -0.2) is 19.2 Å². The molecule has 0 bridgehead atoms. The number of nitrogens with one attached hydrogen (secondary N) is 4. The Morgan fingerprint density at radius 2 is 0.814 bits per heavy atom. The lowest BCUT2D eigenvalue weighted by molar-refractivity contribution is 0.0583. The normalized spacial score (nSPS) is 21.1. The highest BCUT2D eigenvalue weighted by atomic mass is 16.6. The van der Waals surface area contributed by atoms with Crippen LogP contribution in [0.2, 0.25) is 0 Å². The number of alkyl carbamates (subject to hydrolysis) is 4. The van der Waals surface area contributed by atoms with E-state index in [9.17, 15) is 19.2 Å². The van der Waals surface area contributed by atoms with Crippen LogP contribution in [0.15, 0.2) is 212 Å². The average Bonchev–Trinajstić information content (AvgIpc) is 4.20. The lowest BCUT2D eigenvalue weighted by Gasteiger charge is -2.35. The molecule has 4 fully saturated rings. The van der Waals surface area contributed by atoms with E-state index in [-0.39, 0.29) is 54.5 Å². The van der Waals surface area contributed by atoms with E-state index in [2.05, 4.69) is 35.1 Å². The summed E-state index contributed by atoms with van der Waals surface area (Å²) in [4.78, 5) is 45.8. The zero-order chi connectivity index (χ0) is 48.9. The van der Waals surface area contributed by atoms with Crippen molar-refractivity contribution in [1.29, 1.82) is 0 Å². The summed E-state index contributed by atoms with van der Waals surface area (Å²) in [5.74, 6) is 0.247. The summed E-state index contributed by atoms with van der Waals surface area (Å²) in [6.45, 7) is 6.56. The second-order valence-corrected chi connectivity index (χ2v) is 17.4. The van der Waals surface area contributed by atoms with Crippen LogP contribution in [0, 0.1) is 5.92 Å². The number of hydrogen-bond acceptors (Lipinski definition) is 8. The van der Waals surface area contributed by atoms with Gasteiger partial charge in [0.15, 0.2) is 11.2 Å². The quantitative estimate of drug-likeness (QED) is 0.110. The molecule has 7 aromatic rings. The molecule has 0 aliphatic carbocycles. The van der Waals surface area contributed by atoms with Crippen molar-refractivity contribution >= 4 is 24.4 Å². The number of rotatable bonds is 8. The standard InChI is InChI=1S/C21H17NO2.C18H19NO2.C10H11NO2.C9H9NO2/c23-20-22-19(16-10-4-1-5-11-16)21(24-20,17-12-6-2-7-13-17)18-14-8-3-9-15-18;1-13(2)16-18(21-17(20)19-16,14-9-5-3-6-10-14)15-11-7-4-8-12-15;1-7-9(13-10(12)11-7)8-5-3-2-4-6-8;11-9-10-8(6-12-9)7-4-2-1-3-5-7/h1-15,19H,(H,22,23);3-13,16H,1-2H3,(H,19,20);2-7,9H,1H3,(H,11,12);1-5,8H,6H2,(H,10,11)/t19-;16-;7-,9-;8-/m0001/s1. The van der Waals surface area contributed by atoms with Gasteiger partial charge in [0.1, 0.15) is 18.8 Å². The van der Waals surface area contributed by atoms with Crippen LogP contribution in [0.4, 0.5) is 19.2 Å². The summed E-state index contributed by atoms with van der Waals surface area (Å²) in [5, 5.41) is 11.4. The molecule has 0 unspecified atom stereocenters. The molecule has 356 valence electrons. The van der Waals surface area contributed by atoms with Gasteiger partial charge in [0.2, 0.25) is 0 Å². The average molecular weight is 937 g/mol. The van der Waals surface area contributed by atoms with Gasteiger partial charge in [-0.15, -0.1) is 0 Å². The minimum Gasteiger partial charge on any atom is -0.447 e. The van der Waals surface area contributed by atoms with Gasteiger partial charge in [-0.3, -0.25) is 0 Å². The smallest absolute Gasteiger partial charge is 0.409 e. The fraction of sp³-hybridized carbons (Fsp3) is 0.207. The Hall–Kier alpha value is -8.38. The molecular weight excluding hydrogens is 881 g/mol. The summed E-state index contributed by atoms with van der Waals surface area (Å²) in [7, 11) is 0. The number of benzene rings is 7. The van der Waals surface area contributed by atoms with E-state index >= 15 is 0 Å². The van der Waals surface area contributed by atoms with Crippen molar-refractivity contribution in [3.8, 4) is 0 Å². The van der Waals surface area contributed by atoms with E-state index < -0.39 is 17.3 Å². The highest BCUT2D eigenvalue weighted by Crippen LogP contribution is 2.48. The van der Waals surface area contributed by atoms with Crippen molar-refractivity contribution in [1.82, 2.24) is 21.3 Å². The first kappa shape index (κ1) is 48.1. The van der Waals surface area contributed by atoms with Gasteiger partial charge in [0.05, 0.1) is 18.1 Å². The second kappa shape index (κ2) is 22.2. The van der Waals surface area contributed by atoms with E-state index in [4.69, 9.17) is 18.9 Å². The summed E-state index contributed by atoms with van der Waals surface area (Å²) in [5.41, 5.74) is 5.36. The van der Waals surface area contributed by atoms with Gasteiger partial charge in [-0.1, -0.05) is 226 Å². The zero-order valence-corrected chi connectivity index (χ0v) is 39.1. The largest absolute Gasteiger partial charge is 0.447 e. The number of cyclic esters (lactones) is 4. The molecule has 5 atom stereocenters. The van der Waals surface area contributed by atoms with Crippen LogP contribution in [0.1, 0.15) is 77.9 Å². The summed E-state index contributed by atoms with van der Waals surface area (Å²) < 4.78 is 21.7. The minimum absolute atomic E-state index is 0.0266. The first-order chi connectivity index (χ1) is 34.1. The SMILES string of the molecule is CC(C)[C@@H]1NC(=O)OC1(c1ccccc1)c1ccccc1.C[C@@H]1NC(=O)O[C@@H]1c1ccccc1.O=C1N[C@@H](c2ccccc2)C(c2ccccc2)(c2ccccc2)O1.O=C1N[C@@H](c2ccccc2)CO1. The lowest BCUT2D eigenvalue weighted by Crippen LogP contribution is -2.45. The molecule has 0 aromatic heterocycles. The van der Waals surface area contributed by atoms with E-state index in [1.54, 1.807) is 0 Å². The van der Waals surface area contributed by atoms with Crippen molar-refractivity contribution in [3.63, 3.8) is 0 Å². The predicted octanol–water partition coefficient (Wildman–Crippen LogP) is 11.4. The molecule has 4 aliphatic heterocycles. The first-order valence-electron chi connectivity index (χ1n) is 23.3. The number of ether oxygens (including phenoxy) is 4. The molecule has 4 heterocycles. The Bertz CT molecular complexity index is 2710. The highest BCUT2D eigenvalue weighted by Gasteiger charge is 2.54. The summed E-state index contributed by atoms with van der Waals surface area (Å²) in [6.07, 6.45) is -1.57. The third-order valence-electron chi connectivity index (χ3n) is 12.5. The fourth-order valence-corrected chi connectivity index (χ4v) is 9.29. The Labute approximate surface area is 408 Å². The van der Waals surface area contributed by atoms with Gasteiger partial charge in [0, 0.05) is 22.3 Å². The maximum absolute atomic E-state index is 12.3. The van der Waals surface area contributed by atoms with E-state index in [1.807, 2.05) is 219 Å². The van der Waals surface area contributed by atoms with Gasteiger partial charge < -0.3 is 40.2 Å². The molecule has 12 heteroatoms. The van der Waals surface area contributed by atoms with E-state index in [0.29, 0.717) is 6.61 Å². The van der Waals surface area contributed by atoms with Crippen LogP contribution >= 0.6 is 0 Å². The summed E-state index contributed by atoms with van der Waals surface area (Å²) in [6, 6.07) is 68.8. The fourth-order valence-electron chi connectivity index (χ4n) is 9.29. The third-order valence-corrected chi connectivity index (χ3v) is 12.5. The van der Waals surface area contributed by atoms with Crippen molar-refractivity contribution in [2.75, 3.05) is 6.61 Å². The van der Waals surface area contributed by atoms with Gasteiger partial charge in [0.25, 0.3) is 0 Å². The van der Waals surface area contributed by atoms with Crippen LogP contribution in [-0.4, -0.2) is 43.1 Å². The number of carbonyl (C=O) groups excluding carboxylic acids is 4. The minimum atomic E-state index is -0.888. The van der Waals surface area contributed by atoms with Crippen molar-refractivity contribution in [3.05, 3.63) is 251 Å². The van der Waals surface area contributed by atoms with Crippen molar-refractivity contribution < 1.29 is 38.1 Å². The molecule has 4 aliphatic rings. The molecule has 7 aromatic carbocycles. The third kappa shape index (κ3) is 10.7. The zero-order valence-electron chi connectivity index (χ0n) is 39.1. The maximum Gasteiger partial charge on any atom is 0.409 e. The first-order valence-corrected chi connectivity index (χ1v) is 23.3. The summed E-state index contributed by atoms with van der Waals surface area (Å²) >= 11 is 0. The van der Waals surface area contributed by atoms with E-state index in [1.165, 1.54) is 0 Å². The van der Waals surface area contributed by atoms with Gasteiger partial charge >= 0.3 is 24.4 Å². The molecule has 12 nitrogen and oxygen atoms in total. The van der Waals surface area contributed by atoms with Crippen molar-refractivity contribution in [2.45, 2.75) is 62.2 Å². The van der Waals surface area contributed by atoms with Gasteiger partial charge in [-0.05, 0) is 29.5 Å². The topological polar surface area (TPSA) is 153 Å². The van der Waals surface area contributed by atoms with Gasteiger partial charge in [-0.2, -0.15) is 0 Å². The maximum atomic E-state index is 12.3. The predicted molar refractivity (Wildman–Crippen MR) is 266 cm³/mol. The Kier molecular flexibility index (Phi) is 15.2. The molecule has 4 saturated heterocycles.